The summed E-state index contributed by atoms with van der Waals surface area (Å²) in [5, 5.41) is 8.94. The van der Waals surface area contributed by atoms with E-state index in [2.05, 4.69) is 30.7 Å². The molecule has 0 aromatic carbocycles. The summed E-state index contributed by atoms with van der Waals surface area (Å²) >= 11 is 0. The summed E-state index contributed by atoms with van der Waals surface area (Å²) in [5.41, 5.74) is 2.65. The number of aliphatic hydroxyl groups excluding tert-OH is 1. The van der Waals surface area contributed by atoms with Crippen LogP contribution in [0.25, 0.3) is 0 Å². The Morgan fingerprint density at radius 3 is 2.71 bits per heavy atom. The fourth-order valence-corrected chi connectivity index (χ4v) is 1.68. The van der Waals surface area contributed by atoms with E-state index in [0.717, 1.165) is 19.4 Å². The Morgan fingerprint density at radius 2 is 2.14 bits per heavy atom. The quantitative estimate of drug-likeness (QED) is 0.740. The summed E-state index contributed by atoms with van der Waals surface area (Å²) < 4.78 is 2.29. The van der Waals surface area contributed by atoms with Crippen molar-refractivity contribution in [2.75, 3.05) is 6.61 Å². The molecular weight excluding hydrogens is 174 g/mol. The van der Waals surface area contributed by atoms with Gasteiger partial charge in [-0.1, -0.05) is 20.3 Å². The van der Waals surface area contributed by atoms with Crippen molar-refractivity contribution < 1.29 is 5.11 Å². The van der Waals surface area contributed by atoms with E-state index in [9.17, 15) is 0 Å². The van der Waals surface area contributed by atoms with Crippen LogP contribution in [0.5, 0.6) is 0 Å². The number of hydrogen-bond donors (Lipinski definition) is 1. The maximum absolute atomic E-state index is 8.94. The second kappa shape index (κ2) is 5.86. The molecule has 0 bridgehead atoms. The van der Waals surface area contributed by atoms with Gasteiger partial charge in [0.15, 0.2) is 0 Å². The van der Waals surface area contributed by atoms with Crippen LogP contribution in [-0.4, -0.2) is 16.3 Å². The molecule has 0 fully saturated rings. The number of hydrogen-bond acceptors (Lipinski definition) is 1. The maximum Gasteiger partial charge on any atom is 0.0485 e. The van der Waals surface area contributed by atoms with Gasteiger partial charge in [-0.15, -0.1) is 0 Å². The van der Waals surface area contributed by atoms with Gasteiger partial charge < -0.3 is 9.67 Å². The van der Waals surface area contributed by atoms with E-state index < -0.39 is 0 Å². The first-order valence-corrected chi connectivity index (χ1v) is 5.60. The van der Waals surface area contributed by atoms with Gasteiger partial charge in [0.2, 0.25) is 0 Å². The molecule has 1 heterocycles. The van der Waals surface area contributed by atoms with E-state index in [0.29, 0.717) is 0 Å². The Hall–Kier alpha value is -0.760. The van der Waals surface area contributed by atoms with E-state index in [1.165, 1.54) is 24.1 Å². The first-order chi connectivity index (χ1) is 6.81. The summed E-state index contributed by atoms with van der Waals surface area (Å²) in [4.78, 5) is 0. The van der Waals surface area contributed by atoms with Crippen LogP contribution in [0.15, 0.2) is 12.3 Å². The van der Waals surface area contributed by atoms with Gasteiger partial charge in [0.05, 0.1) is 0 Å². The Balaban J connectivity index is 2.71. The number of unbranched alkanes of at least 4 members (excludes halogenated alkanes) is 1. The van der Waals surface area contributed by atoms with Crippen molar-refractivity contribution >= 4 is 0 Å². The summed E-state index contributed by atoms with van der Waals surface area (Å²) in [6.07, 6.45) is 6.52. The first kappa shape index (κ1) is 11.3. The van der Waals surface area contributed by atoms with Crippen molar-refractivity contribution in [2.24, 2.45) is 0 Å². The van der Waals surface area contributed by atoms with E-state index in [4.69, 9.17) is 5.11 Å². The third kappa shape index (κ3) is 2.88. The van der Waals surface area contributed by atoms with Gasteiger partial charge >= 0.3 is 0 Å². The van der Waals surface area contributed by atoms with Crippen LogP contribution in [0.4, 0.5) is 0 Å². The van der Waals surface area contributed by atoms with Crippen molar-refractivity contribution in [3.8, 4) is 0 Å². The highest BCUT2D eigenvalue weighted by Crippen LogP contribution is 2.11. The van der Waals surface area contributed by atoms with E-state index in [-0.39, 0.29) is 6.61 Å². The molecule has 1 aromatic heterocycles. The normalized spacial score (nSPS) is 10.8. The Morgan fingerprint density at radius 1 is 1.36 bits per heavy atom. The highest BCUT2D eigenvalue weighted by molar-refractivity contribution is 5.19. The molecule has 0 spiro atoms. The molecule has 1 aromatic rings. The van der Waals surface area contributed by atoms with Crippen LogP contribution in [0.3, 0.4) is 0 Å². The molecule has 0 amide bonds. The van der Waals surface area contributed by atoms with Gasteiger partial charge in [-0.2, -0.15) is 0 Å². The lowest BCUT2D eigenvalue weighted by Gasteiger charge is -2.06. The third-order valence-electron chi connectivity index (χ3n) is 2.57. The van der Waals surface area contributed by atoms with Gasteiger partial charge in [-0.25, -0.2) is 0 Å². The van der Waals surface area contributed by atoms with Crippen molar-refractivity contribution in [3.63, 3.8) is 0 Å². The predicted octanol–water partition coefficient (Wildman–Crippen LogP) is 2.39. The van der Waals surface area contributed by atoms with Crippen LogP contribution in [-0.2, 0) is 19.4 Å². The van der Waals surface area contributed by atoms with Gasteiger partial charge in [-0.3, -0.25) is 0 Å². The molecular formula is C12H21NO. The number of rotatable bonds is 6. The summed E-state index contributed by atoms with van der Waals surface area (Å²) in [5.74, 6) is 0. The van der Waals surface area contributed by atoms with Crippen LogP contribution in [0.2, 0.25) is 0 Å². The van der Waals surface area contributed by atoms with Crippen molar-refractivity contribution in [1.29, 1.82) is 0 Å². The summed E-state index contributed by atoms with van der Waals surface area (Å²) in [7, 11) is 0. The van der Waals surface area contributed by atoms with Crippen LogP contribution in [0, 0.1) is 0 Å². The maximum atomic E-state index is 8.94. The number of aliphatic hydroxyl groups is 1. The molecule has 14 heavy (non-hydrogen) atoms. The molecule has 1 rings (SSSR count). The van der Waals surface area contributed by atoms with E-state index in [1.54, 1.807) is 0 Å². The van der Waals surface area contributed by atoms with Crippen molar-refractivity contribution in [2.45, 2.75) is 46.1 Å². The molecule has 0 aliphatic rings. The Labute approximate surface area is 86.6 Å². The molecule has 0 radical (unpaired) electrons. The number of aromatic nitrogens is 1. The van der Waals surface area contributed by atoms with Crippen molar-refractivity contribution in [3.05, 3.63) is 23.5 Å². The molecule has 0 saturated heterocycles. The zero-order valence-corrected chi connectivity index (χ0v) is 9.29. The molecule has 0 aliphatic heterocycles. The molecule has 1 N–H and O–H groups in total. The lowest BCUT2D eigenvalue weighted by Crippen LogP contribution is -2.03. The highest BCUT2D eigenvalue weighted by Gasteiger charge is 2.03. The van der Waals surface area contributed by atoms with Gasteiger partial charge in [0.1, 0.15) is 0 Å². The standard InChI is InChI=1S/C12H21NO/c1-3-5-7-13-10-11(4-2)9-12(13)6-8-14/h9-10,14H,3-8H2,1-2H3. The molecule has 0 atom stereocenters. The molecule has 0 saturated carbocycles. The van der Waals surface area contributed by atoms with Crippen LogP contribution < -0.4 is 0 Å². The lowest BCUT2D eigenvalue weighted by atomic mass is 10.2. The average molecular weight is 195 g/mol. The SMILES string of the molecule is CCCCn1cc(CC)cc1CCO. The monoisotopic (exact) mass is 195 g/mol. The minimum atomic E-state index is 0.249. The average Bonchev–Trinajstić information content (AvgIpc) is 2.58. The zero-order valence-electron chi connectivity index (χ0n) is 9.29. The smallest absolute Gasteiger partial charge is 0.0485 e. The third-order valence-corrected chi connectivity index (χ3v) is 2.57. The van der Waals surface area contributed by atoms with Gasteiger partial charge in [-0.05, 0) is 24.5 Å². The Kier molecular flexibility index (Phi) is 4.74. The largest absolute Gasteiger partial charge is 0.396 e. The van der Waals surface area contributed by atoms with E-state index >= 15 is 0 Å². The van der Waals surface area contributed by atoms with Crippen molar-refractivity contribution in [1.82, 2.24) is 4.57 Å². The summed E-state index contributed by atoms with van der Waals surface area (Å²) in [6.45, 7) is 5.71. The molecule has 2 heteroatoms. The second-order valence-electron chi connectivity index (χ2n) is 3.71. The number of nitrogens with zero attached hydrogens (tertiary/aromatic N) is 1. The molecule has 80 valence electrons. The Bertz CT molecular complexity index is 265. The number of aryl methyl sites for hydroxylation is 2. The minimum absolute atomic E-state index is 0.249. The predicted molar refractivity (Wildman–Crippen MR) is 59.5 cm³/mol. The fourth-order valence-electron chi connectivity index (χ4n) is 1.68. The van der Waals surface area contributed by atoms with Crippen LogP contribution >= 0.6 is 0 Å². The molecule has 0 unspecified atom stereocenters. The summed E-state index contributed by atoms with van der Waals surface area (Å²) in [6, 6.07) is 2.21. The second-order valence-corrected chi connectivity index (χ2v) is 3.71. The highest BCUT2D eigenvalue weighted by atomic mass is 16.3. The first-order valence-electron chi connectivity index (χ1n) is 5.60. The topological polar surface area (TPSA) is 25.2 Å². The van der Waals surface area contributed by atoms with Crippen LogP contribution in [0.1, 0.15) is 37.9 Å². The fraction of sp³-hybridized carbons (Fsp3) is 0.667. The lowest BCUT2D eigenvalue weighted by molar-refractivity contribution is 0.296. The minimum Gasteiger partial charge on any atom is -0.396 e. The zero-order chi connectivity index (χ0) is 10.4. The molecule has 0 aliphatic carbocycles. The molecule has 2 nitrogen and oxygen atoms in total. The van der Waals surface area contributed by atoms with Gasteiger partial charge in [0.25, 0.3) is 0 Å². The van der Waals surface area contributed by atoms with E-state index in [1.807, 2.05) is 0 Å². The van der Waals surface area contributed by atoms with Gasteiger partial charge in [0, 0.05) is 31.5 Å².